The molecule has 1 amide bonds. The van der Waals surface area contributed by atoms with E-state index in [2.05, 4.69) is 15.3 Å². The average Bonchev–Trinajstić information content (AvgIpc) is 3.16. The van der Waals surface area contributed by atoms with Crippen LogP contribution in [-0.2, 0) is 24.1 Å². The van der Waals surface area contributed by atoms with E-state index < -0.39 is 35.4 Å². The van der Waals surface area contributed by atoms with Crippen molar-refractivity contribution >= 4 is 28.8 Å². The molecule has 2 N–H and O–H groups in total. The molecule has 0 aliphatic heterocycles. The van der Waals surface area contributed by atoms with Crippen molar-refractivity contribution in [3.05, 3.63) is 68.5 Å². The van der Waals surface area contributed by atoms with E-state index in [1.807, 2.05) is 0 Å². The Bertz CT molecular complexity index is 1100. The minimum atomic E-state index is -4.63. The van der Waals surface area contributed by atoms with Crippen molar-refractivity contribution in [2.24, 2.45) is 0 Å². The summed E-state index contributed by atoms with van der Waals surface area (Å²) in [5.41, 5.74) is 0.588. The van der Waals surface area contributed by atoms with Gasteiger partial charge in [-0.15, -0.1) is 11.3 Å². The number of hydrogen-bond acceptors (Lipinski definition) is 5. The number of nitrogens with one attached hydrogen (secondary N) is 1. The van der Waals surface area contributed by atoms with Gasteiger partial charge in [0.2, 0.25) is 5.91 Å². The summed E-state index contributed by atoms with van der Waals surface area (Å²) in [6, 6.07) is 7.33. The molecule has 2 heterocycles. The summed E-state index contributed by atoms with van der Waals surface area (Å²) in [4.78, 5) is 20.2. The smallest absolute Gasteiger partial charge is 0.390 e. The number of aliphatic hydroxyl groups excluding tert-OH is 1. The van der Waals surface area contributed by atoms with Crippen LogP contribution in [-0.4, -0.2) is 21.0 Å². The minimum Gasteiger partial charge on any atom is -0.390 e. The van der Waals surface area contributed by atoms with Crippen LogP contribution in [0.1, 0.15) is 34.0 Å². The third kappa shape index (κ3) is 5.38. The van der Waals surface area contributed by atoms with Crippen molar-refractivity contribution in [3.63, 3.8) is 0 Å². The van der Waals surface area contributed by atoms with Gasteiger partial charge in [-0.25, -0.2) is 9.37 Å². The lowest BCUT2D eigenvalue weighted by Gasteiger charge is -2.13. The standard InChI is InChI=1S/C20H16ClF4N3O2S/c1-10(12-6-14(22)15(9-29)26-7-12)18(30)27-8-16-17(11-3-2-4-13(21)5-11)28-19(31-16)20(23,24)25/h2-7,10,29H,8-9H2,1H3,(H,27,30). The number of amides is 1. The molecule has 0 spiro atoms. The number of alkyl halides is 3. The maximum Gasteiger partial charge on any atom is 0.443 e. The summed E-state index contributed by atoms with van der Waals surface area (Å²) >= 11 is 6.38. The Hall–Kier alpha value is -2.56. The van der Waals surface area contributed by atoms with Gasteiger partial charge >= 0.3 is 6.18 Å². The van der Waals surface area contributed by atoms with E-state index in [0.29, 0.717) is 21.9 Å². The summed E-state index contributed by atoms with van der Waals surface area (Å²) < 4.78 is 53.4. The molecule has 0 bridgehead atoms. The van der Waals surface area contributed by atoms with Crippen LogP contribution < -0.4 is 5.32 Å². The van der Waals surface area contributed by atoms with Crippen LogP contribution in [0.3, 0.4) is 0 Å². The maximum atomic E-state index is 13.8. The molecular weight excluding hydrogens is 458 g/mol. The minimum absolute atomic E-state index is 0.0767. The summed E-state index contributed by atoms with van der Waals surface area (Å²) in [5.74, 6) is -2.10. The highest BCUT2D eigenvalue weighted by Gasteiger charge is 2.36. The first-order valence-electron chi connectivity index (χ1n) is 8.96. The van der Waals surface area contributed by atoms with E-state index in [1.165, 1.54) is 19.2 Å². The van der Waals surface area contributed by atoms with Crippen LogP contribution in [0.25, 0.3) is 11.3 Å². The first kappa shape index (κ1) is 23.1. The van der Waals surface area contributed by atoms with Gasteiger partial charge in [0, 0.05) is 16.8 Å². The lowest BCUT2D eigenvalue weighted by molar-refractivity contribution is -0.137. The summed E-state index contributed by atoms with van der Waals surface area (Å²) in [6.07, 6.45) is -3.37. The van der Waals surface area contributed by atoms with Crippen LogP contribution in [0.2, 0.25) is 5.02 Å². The van der Waals surface area contributed by atoms with Crippen molar-refractivity contribution in [3.8, 4) is 11.3 Å². The lowest BCUT2D eigenvalue weighted by atomic mass is 10.0. The Morgan fingerprint density at radius 2 is 2.06 bits per heavy atom. The molecule has 31 heavy (non-hydrogen) atoms. The predicted molar refractivity (Wildman–Crippen MR) is 108 cm³/mol. The van der Waals surface area contributed by atoms with Gasteiger partial charge in [0.05, 0.1) is 29.6 Å². The van der Waals surface area contributed by atoms with Crippen molar-refractivity contribution in [2.45, 2.75) is 32.2 Å². The van der Waals surface area contributed by atoms with E-state index in [9.17, 15) is 22.4 Å². The highest BCUT2D eigenvalue weighted by atomic mass is 35.5. The Kier molecular flexibility index (Phi) is 6.93. The highest BCUT2D eigenvalue weighted by molar-refractivity contribution is 7.12. The van der Waals surface area contributed by atoms with Crippen LogP contribution in [0.15, 0.2) is 36.5 Å². The van der Waals surface area contributed by atoms with Crippen LogP contribution in [0, 0.1) is 5.82 Å². The number of aromatic nitrogens is 2. The summed E-state index contributed by atoms with van der Waals surface area (Å²) in [6.45, 7) is 0.728. The number of carbonyl (C=O) groups excluding carboxylic acids is 1. The lowest BCUT2D eigenvalue weighted by Crippen LogP contribution is -2.27. The van der Waals surface area contributed by atoms with Crippen molar-refractivity contribution in [1.29, 1.82) is 0 Å². The molecule has 1 aromatic carbocycles. The summed E-state index contributed by atoms with van der Waals surface area (Å²) in [7, 11) is 0. The second-order valence-corrected chi connectivity index (χ2v) is 8.11. The van der Waals surface area contributed by atoms with Gasteiger partial charge in [0.1, 0.15) is 11.5 Å². The van der Waals surface area contributed by atoms with E-state index in [0.717, 1.165) is 6.07 Å². The molecule has 3 aromatic rings. The second kappa shape index (κ2) is 9.29. The van der Waals surface area contributed by atoms with Crippen LogP contribution >= 0.6 is 22.9 Å². The molecule has 0 saturated carbocycles. The number of benzene rings is 1. The van der Waals surface area contributed by atoms with Crippen molar-refractivity contribution in [1.82, 2.24) is 15.3 Å². The van der Waals surface area contributed by atoms with Gasteiger partial charge in [-0.05, 0) is 30.7 Å². The Labute approximate surface area is 183 Å². The molecule has 0 aliphatic rings. The largest absolute Gasteiger partial charge is 0.443 e. The number of carbonyl (C=O) groups is 1. The second-order valence-electron chi connectivity index (χ2n) is 6.59. The van der Waals surface area contributed by atoms with Gasteiger partial charge in [-0.3, -0.25) is 9.78 Å². The predicted octanol–water partition coefficient (Wildman–Crippen LogP) is 4.93. The fraction of sp³-hybridized carbons (Fsp3) is 0.250. The number of hydrogen-bond donors (Lipinski definition) is 2. The maximum absolute atomic E-state index is 13.8. The fourth-order valence-electron chi connectivity index (χ4n) is 2.76. The average molecular weight is 474 g/mol. The van der Waals surface area contributed by atoms with Gasteiger partial charge < -0.3 is 10.4 Å². The fourth-order valence-corrected chi connectivity index (χ4v) is 3.84. The number of halogens is 5. The first-order chi connectivity index (χ1) is 14.6. The Morgan fingerprint density at radius 3 is 2.68 bits per heavy atom. The first-order valence-corrected chi connectivity index (χ1v) is 10.1. The van der Waals surface area contributed by atoms with Gasteiger partial charge in [-0.1, -0.05) is 23.7 Å². The molecule has 1 unspecified atom stereocenters. The zero-order valence-corrected chi connectivity index (χ0v) is 17.6. The van der Waals surface area contributed by atoms with E-state index in [4.69, 9.17) is 16.7 Å². The zero-order chi connectivity index (χ0) is 22.8. The molecular formula is C20H16ClF4N3O2S. The normalized spacial score (nSPS) is 12.6. The third-order valence-electron chi connectivity index (χ3n) is 4.44. The zero-order valence-electron chi connectivity index (χ0n) is 16.0. The monoisotopic (exact) mass is 473 g/mol. The van der Waals surface area contributed by atoms with E-state index in [-0.39, 0.29) is 28.4 Å². The molecule has 3 rings (SSSR count). The van der Waals surface area contributed by atoms with E-state index in [1.54, 1.807) is 18.2 Å². The quantitative estimate of drug-likeness (QED) is 0.498. The number of aliphatic hydroxyl groups is 1. The number of nitrogens with zero attached hydrogens (tertiary/aromatic N) is 2. The van der Waals surface area contributed by atoms with Crippen molar-refractivity contribution in [2.75, 3.05) is 0 Å². The van der Waals surface area contributed by atoms with Gasteiger partial charge in [0.15, 0.2) is 5.01 Å². The van der Waals surface area contributed by atoms with E-state index >= 15 is 0 Å². The third-order valence-corrected chi connectivity index (χ3v) is 5.78. The molecule has 0 aliphatic carbocycles. The van der Waals surface area contributed by atoms with Crippen LogP contribution in [0.5, 0.6) is 0 Å². The van der Waals surface area contributed by atoms with Crippen LogP contribution in [0.4, 0.5) is 17.6 Å². The highest BCUT2D eigenvalue weighted by Crippen LogP contribution is 2.38. The Morgan fingerprint density at radius 1 is 1.32 bits per heavy atom. The molecule has 5 nitrogen and oxygen atoms in total. The molecule has 1 atom stereocenters. The molecule has 0 radical (unpaired) electrons. The van der Waals surface area contributed by atoms with Crippen molar-refractivity contribution < 1.29 is 27.5 Å². The SMILES string of the molecule is CC(C(=O)NCc1sc(C(F)(F)F)nc1-c1cccc(Cl)c1)c1cnc(CO)c(F)c1. The molecule has 0 saturated heterocycles. The molecule has 11 heteroatoms. The molecule has 2 aromatic heterocycles. The number of rotatable bonds is 6. The number of thiazole rings is 1. The summed E-state index contributed by atoms with van der Waals surface area (Å²) in [5, 5.41) is 10.9. The number of pyridine rings is 1. The topological polar surface area (TPSA) is 75.1 Å². The molecule has 0 fully saturated rings. The van der Waals surface area contributed by atoms with Gasteiger partial charge in [0.25, 0.3) is 0 Å². The molecule has 164 valence electrons. The Balaban J connectivity index is 1.82. The van der Waals surface area contributed by atoms with Gasteiger partial charge in [-0.2, -0.15) is 13.2 Å².